The van der Waals surface area contributed by atoms with Crippen molar-refractivity contribution < 1.29 is 9.84 Å². The van der Waals surface area contributed by atoms with E-state index in [0.717, 1.165) is 35.3 Å². The van der Waals surface area contributed by atoms with Crippen LogP contribution in [0.1, 0.15) is 39.0 Å². The average Bonchev–Trinajstić information content (AvgIpc) is 3.08. The van der Waals surface area contributed by atoms with Crippen LogP contribution >= 0.6 is 0 Å². The molecule has 5 heteroatoms. The van der Waals surface area contributed by atoms with Gasteiger partial charge >= 0.3 is 0 Å². The Morgan fingerprint density at radius 1 is 0.960 bits per heavy atom. The number of aromatic nitrogens is 3. The van der Waals surface area contributed by atoms with E-state index in [1.54, 1.807) is 4.80 Å². The van der Waals surface area contributed by atoms with E-state index in [1.165, 1.54) is 19.3 Å². The van der Waals surface area contributed by atoms with Crippen LogP contribution < -0.4 is 4.74 Å². The fourth-order valence-corrected chi connectivity index (χ4v) is 2.73. The van der Waals surface area contributed by atoms with Gasteiger partial charge in [0.1, 0.15) is 23.4 Å². The molecule has 2 aromatic carbocycles. The van der Waals surface area contributed by atoms with Gasteiger partial charge in [-0.05, 0) is 42.8 Å². The highest BCUT2D eigenvalue weighted by Gasteiger charge is 2.07. The van der Waals surface area contributed by atoms with Gasteiger partial charge in [-0.25, -0.2) is 0 Å². The van der Waals surface area contributed by atoms with Crippen LogP contribution in [-0.2, 0) is 0 Å². The number of ether oxygens (including phenoxy) is 1. The molecule has 132 valence electrons. The molecule has 0 amide bonds. The molecule has 1 N–H and O–H groups in total. The zero-order valence-corrected chi connectivity index (χ0v) is 14.6. The van der Waals surface area contributed by atoms with Gasteiger partial charge in [0, 0.05) is 0 Å². The first-order valence-electron chi connectivity index (χ1n) is 8.99. The fraction of sp³-hybridized carbons (Fsp3) is 0.400. The third-order valence-electron chi connectivity index (χ3n) is 4.19. The Hall–Kier alpha value is -2.40. The maximum Gasteiger partial charge on any atom is 0.119 e. The second-order valence-electron chi connectivity index (χ2n) is 6.29. The second-order valence-corrected chi connectivity index (χ2v) is 6.29. The van der Waals surface area contributed by atoms with Crippen molar-refractivity contribution in [2.45, 2.75) is 45.1 Å². The molecule has 0 radical (unpaired) electrons. The molecule has 1 atom stereocenters. The fourth-order valence-electron chi connectivity index (χ4n) is 2.73. The summed E-state index contributed by atoms with van der Waals surface area (Å²) in [6, 6.07) is 15.4. The number of hydrogen-bond donors (Lipinski definition) is 1. The molecule has 1 unspecified atom stereocenters. The van der Waals surface area contributed by atoms with Crippen LogP contribution in [0.2, 0.25) is 0 Å². The Bertz CT molecular complexity index is 750. The van der Waals surface area contributed by atoms with E-state index in [2.05, 4.69) is 17.1 Å². The smallest absolute Gasteiger partial charge is 0.119 e. The zero-order chi connectivity index (χ0) is 17.5. The highest BCUT2D eigenvalue weighted by Crippen LogP contribution is 2.17. The van der Waals surface area contributed by atoms with Crippen LogP contribution in [0.5, 0.6) is 5.75 Å². The molecule has 5 nitrogen and oxygen atoms in total. The number of nitrogens with zero attached hydrogens (tertiary/aromatic N) is 3. The van der Waals surface area contributed by atoms with Crippen molar-refractivity contribution in [2.24, 2.45) is 0 Å². The van der Waals surface area contributed by atoms with Crippen molar-refractivity contribution in [3.05, 3.63) is 48.5 Å². The van der Waals surface area contributed by atoms with Crippen LogP contribution in [-0.4, -0.2) is 32.8 Å². The van der Waals surface area contributed by atoms with Gasteiger partial charge in [-0.15, -0.1) is 10.2 Å². The molecular formula is C20H25N3O2. The van der Waals surface area contributed by atoms with Crippen molar-refractivity contribution in [2.75, 3.05) is 6.61 Å². The Morgan fingerprint density at radius 3 is 2.28 bits per heavy atom. The summed E-state index contributed by atoms with van der Waals surface area (Å²) in [5, 5.41) is 18.9. The molecule has 0 bridgehead atoms. The Kier molecular flexibility index (Phi) is 6.01. The Balaban J connectivity index is 1.53. The van der Waals surface area contributed by atoms with Crippen molar-refractivity contribution in [1.29, 1.82) is 0 Å². The van der Waals surface area contributed by atoms with Gasteiger partial charge in [0.05, 0.1) is 11.8 Å². The lowest BCUT2D eigenvalue weighted by Crippen LogP contribution is -2.17. The van der Waals surface area contributed by atoms with Crippen molar-refractivity contribution in [3.63, 3.8) is 0 Å². The second kappa shape index (κ2) is 8.62. The largest absolute Gasteiger partial charge is 0.491 e. The molecule has 1 aromatic heterocycles. The third-order valence-corrected chi connectivity index (χ3v) is 4.19. The van der Waals surface area contributed by atoms with Crippen molar-refractivity contribution in [3.8, 4) is 11.4 Å². The van der Waals surface area contributed by atoms with E-state index in [-0.39, 0.29) is 0 Å². The summed E-state index contributed by atoms with van der Waals surface area (Å²) in [5.74, 6) is 0.744. The molecular weight excluding hydrogens is 314 g/mol. The van der Waals surface area contributed by atoms with Gasteiger partial charge in [0.15, 0.2) is 0 Å². The summed E-state index contributed by atoms with van der Waals surface area (Å²) in [5.41, 5.74) is 2.62. The SMILES string of the molecule is CCCCCCC(O)COc1ccc(-n2nc3ccccc3n2)cc1. The van der Waals surface area contributed by atoms with Crippen molar-refractivity contribution in [1.82, 2.24) is 15.0 Å². The molecule has 0 fully saturated rings. The van der Waals surface area contributed by atoms with Crippen LogP contribution in [0.3, 0.4) is 0 Å². The molecule has 0 aliphatic rings. The predicted octanol–water partition coefficient (Wildman–Crippen LogP) is 4.13. The highest BCUT2D eigenvalue weighted by atomic mass is 16.5. The van der Waals surface area contributed by atoms with Gasteiger partial charge in [0.25, 0.3) is 0 Å². The molecule has 0 aliphatic heterocycles. The minimum Gasteiger partial charge on any atom is -0.491 e. The maximum absolute atomic E-state index is 9.97. The standard InChI is InChI=1S/C20H25N3O2/c1-2-3-4-5-8-17(24)15-25-18-13-11-16(12-14-18)23-21-19-9-6-7-10-20(19)22-23/h6-7,9-14,17,24H,2-5,8,15H2,1H3. The summed E-state index contributed by atoms with van der Waals surface area (Å²) in [6.45, 7) is 2.51. The maximum atomic E-state index is 9.97. The molecule has 1 heterocycles. The minimum absolute atomic E-state index is 0.329. The van der Waals surface area contributed by atoms with Crippen molar-refractivity contribution >= 4 is 11.0 Å². The van der Waals surface area contributed by atoms with E-state index >= 15 is 0 Å². The number of unbranched alkanes of at least 4 members (excludes halogenated alkanes) is 3. The van der Waals surface area contributed by atoms with E-state index in [1.807, 2.05) is 48.5 Å². The first-order valence-corrected chi connectivity index (χ1v) is 8.99. The first-order chi connectivity index (χ1) is 12.3. The number of rotatable bonds is 9. The number of hydrogen-bond acceptors (Lipinski definition) is 4. The van der Waals surface area contributed by atoms with Crippen LogP contribution in [0.4, 0.5) is 0 Å². The number of aliphatic hydroxyl groups is 1. The van der Waals surface area contributed by atoms with E-state index in [4.69, 9.17) is 4.74 Å². The molecule has 0 spiro atoms. The lowest BCUT2D eigenvalue weighted by molar-refractivity contribution is 0.0975. The quantitative estimate of drug-likeness (QED) is 0.596. The molecule has 0 saturated heterocycles. The Labute approximate surface area is 148 Å². The van der Waals surface area contributed by atoms with Crippen LogP contribution in [0, 0.1) is 0 Å². The molecule has 3 aromatic rings. The predicted molar refractivity (Wildman–Crippen MR) is 99.1 cm³/mol. The number of fused-ring (bicyclic) bond motifs is 1. The minimum atomic E-state index is -0.408. The third kappa shape index (κ3) is 4.79. The Morgan fingerprint density at radius 2 is 1.64 bits per heavy atom. The lowest BCUT2D eigenvalue weighted by atomic mass is 10.1. The average molecular weight is 339 g/mol. The molecule has 0 aliphatic carbocycles. The number of benzene rings is 2. The molecule has 25 heavy (non-hydrogen) atoms. The monoisotopic (exact) mass is 339 g/mol. The van der Waals surface area contributed by atoms with Crippen LogP contribution in [0.25, 0.3) is 16.7 Å². The topological polar surface area (TPSA) is 60.2 Å². The molecule has 0 saturated carbocycles. The van der Waals surface area contributed by atoms with E-state index in [0.29, 0.717) is 6.61 Å². The van der Waals surface area contributed by atoms with Gasteiger partial charge in [-0.2, -0.15) is 4.80 Å². The zero-order valence-electron chi connectivity index (χ0n) is 14.6. The summed E-state index contributed by atoms with van der Waals surface area (Å²) in [4.78, 5) is 1.62. The van der Waals surface area contributed by atoms with Gasteiger partial charge in [-0.1, -0.05) is 44.7 Å². The summed E-state index contributed by atoms with van der Waals surface area (Å²) < 4.78 is 5.67. The lowest BCUT2D eigenvalue weighted by Gasteiger charge is -2.12. The number of aliphatic hydroxyl groups excluding tert-OH is 1. The molecule has 3 rings (SSSR count). The summed E-state index contributed by atoms with van der Waals surface area (Å²) >= 11 is 0. The summed E-state index contributed by atoms with van der Waals surface area (Å²) in [6.07, 6.45) is 5.05. The van der Waals surface area contributed by atoms with E-state index < -0.39 is 6.10 Å². The summed E-state index contributed by atoms with van der Waals surface area (Å²) in [7, 11) is 0. The highest BCUT2D eigenvalue weighted by molar-refractivity contribution is 5.73. The van der Waals surface area contributed by atoms with Crippen LogP contribution in [0.15, 0.2) is 48.5 Å². The van der Waals surface area contributed by atoms with Gasteiger partial charge in [-0.3, -0.25) is 0 Å². The van der Waals surface area contributed by atoms with Gasteiger partial charge in [0.2, 0.25) is 0 Å². The van der Waals surface area contributed by atoms with E-state index in [9.17, 15) is 5.11 Å². The van der Waals surface area contributed by atoms with Gasteiger partial charge < -0.3 is 9.84 Å². The normalized spacial score (nSPS) is 12.4. The first kappa shape index (κ1) is 17.4.